The molecule has 0 aromatic heterocycles. The number of piperidine rings is 1. The number of aliphatic hydroxyl groups is 1. The average molecular weight is 331 g/mol. The van der Waals surface area contributed by atoms with Crippen LogP contribution in [0.3, 0.4) is 0 Å². The van der Waals surface area contributed by atoms with E-state index < -0.39 is 0 Å². The smallest absolute Gasteiger partial charge is 0.220 e. The highest BCUT2D eigenvalue weighted by Gasteiger charge is 2.58. The number of allylic oxidation sites excluding steroid dienone is 1. The Balaban J connectivity index is 1.65. The molecule has 3 aliphatic carbocycles. The molecule has 0 spiro atoms. The van der Waals surface area contributed by atoms with Gasteiger partial charge in [-0.2, -0.15) is 0 Å². The third-order valence-electron chi connectivity index (χ3n) is 8.08. The highest BCUT2D eigenvalue weighted by atomic mass is 16.2. The first-order valence-electron chi connectivity index (χ1n) is 9.55. The van der Waals surface area contributed by atoms with E-state index in [0.29, 0.717) is 42.1 Å². The van der Waals surface area contributed by atoms with Crippen molar-refractivity contribution in [3.05, 3.63) is 11.8 Å². The van der Waals surface area contributed by atoms with Crippen LogP contribution in [0.4, 0.5) is 0 Å². The number of ketones is 1. The second-order valence-corrected chi connectivity index (χ2v) is 9.16. The fourth-order valence-corrected chi connectivity index (χ4v) is 6.80. The zero-order valence-electron chi connectivity index (χ0n) is 14.8. The van der Waals surface area contributed by atoms with Gasteiger partial charge in [-0.1, -0.05) is 6.92 Å². The van der Waals surface area contributed by atoms with Crippen molar-refractivity contribution in [3.8, 4) is 0 Å². The number of Topliss-reactive ketones (excluding diaryl/α,β-unsaturated/α-hetero) is 1. The van der Waals surface area contributed by atoms with Crippen LogP contribution in [0.25, 0.3) is 0 Å². The second-order valence-electron chi connectivity index (χ2n) is 9.16. The van der Waals surface area contributed by atoms with Gasteiger partial charge in [0.15, 0.2) is 5.78 Å². The van der Waals surface area contributed by atoms with Crippen LogP contribution in [0.1, 0.15) is 65.2 Å². The Bertz CT molecular complexity index is 612. The summed E-state index contributed by atoms with van der Waals surface area (Å²) >= 11 is 0. The summed E-state index contributed by atoms with van der Waals surface area (Å²) in [5, 5.41) is 12.8. The summed E-state index contributed by atoms with van der Waals surface area (Å²) in [5.74, 6) is 2.61. The number of hydrogen-bond donors (Lipinski definition) is 2. The van der Waals surface area contributed by atoms with E-state index in [1.807, 2.05) is 0 Å². The molecule has 4 aliphatic rings. The molecular formula is C20H29NO3. The number of amides is 1. The molecule has 2 N–H and O–H groups in total. The Morgan fingerprint density at radius 3 is 2.67 bits per heavy atom. The van der Waals surface area contributed by atoms with Gasteiger partial charge in [0, 0.05) is 24.0 Å². The molecule has 1 heterocycles. The molecule has 0 bridgehead atoms. The number of rotatable bonds is 0. The monoisotopic (exact) mass is 331 g/mol. The number of carbonyl (C=O) groups is 2. The summed E-state index contributed by atoms with van der Waals surface area (Å²) < 4.78 is 0. The van der Waals surface area contributed by atoms with Crippen molar-refractivity contribution < 1.29 is 14.7 Å². The van der Waals surface area contributed by atoms with Gasteiger partial charge in [-0.05, 0) is 74.5 Å². The van der Waals surface area contributed by atoms with Crippen LogP contribution < -0.4 is 5.32 Å². The van der Waals surface area contributed by atoms with Crippen LogP contribution in [0.5, 0.6) is 0 Å². The summed E-state index contributed by atoms with van der Waals surface area (Å²) in [7, 11) is 0. The highest BCUT2D eigenvalue weighted by molar-refractivity contribution is 5.96. The van der Waals surface area contributed by atoms with Crippen LogP contribution in [0, 0.1) is 29.1 Å². The third-order valence-corrected chi connectivity index (χ3v) is 8.08. The summed E-state index contributed by atoms with van der Waals surface area (Å²) in [6.07, 6.45) is 8.51. The molecule has 132 valence electrons. The zero-order chi connectivity index (χ0) is 17.1. The average Bonchev–Trinajstić information content (AvgIpc) is 2.53. The molecule has 1 aliphatic heterocycles. The Morgan fingerprint density at radius 1 is 1.12 bits per heavy atom. The van der Waals surface area contributed by atoms with Gasteiger partial charge in [-0.15, -0.1) is 0 Å². The Labute approximate surface area is 144 Å². The first-order valence-corrected chi connectivity index (χ1v) is 9.55. The van der Waals surface area contributed by atoms with E-state index in [4.69, 9.17) is 0 Å². The van der Waals surface area contributed by atoms with Crippen molar-refractivity contribution in [1.82, 2.24) is 5.32 Å². The SMILES string of the molecule is C[C@]12C/C(=C/O)C(=O)C[C@H]1CC[C@@H]1[C@@H]2CC[C@]2(C)NC(=O)CC[C@@H]12. The zero-order valence-corrected chi connectivity index (χ0v) is 14.8. The standard InChI is InChI=1S/C20H29NO3/c1-19-10-12(11-22)17(23)9-13(19)3-4-14-15(19)7-8-20(2)16(14)5-6-18(24)21-20/h11,13-16,22H,3-10H2,1-2H3,(H,21,24)/b12-11-/t13-,14-,15+,16+,19+,20+/m1/s1. The Morgan fingerprint density at radius 2 is 1.92 bits per heavy atom. The van der Waals surface area contributed by atoms with Crippen molar-refractivity contribution >= 4 is 11.7 Å². The van der Waals surface area contributed by atoms with Crippen LogP contribution in [0.15, 0.2) is 11.8 Å². The van der Waals surface area contributed by atoms with Crippen molar-refractivity contribution in [2.24, 2.45) is 29.1 Å². The van der Waals surface area contributed by atoms with Crippen LogP contribution in [0.2, 0.25) is 0 Å². The summed E-state index contributed by atoms with van der Waals surface area (Å²) in [4.78, 5) is 24.1. The molecule has 4 fully saturated rings. The molecule has 0 unspecified atom stereocenters. The molecule has 4 nitrogen and oxygen atoms in total. The molecule has 0 radical (unpaired) electrons. The van der Waals surface area contributed by atoms with Gasteiger partial charge in [0.2, 0.25) is 5.91 Å². The van der Waals surface area contributed by atoms with E-state index >= 15 is 0 Å². The fourth-order valence-electron chi connectivity index (χ4n) is 6.80. The Kier molecular flexibility index (Phi) is 3.59. The normalized spacial score (nSPS) is 49.8. The van der Waals surface area contributed by atoms with E-state index in [-0.39, 0.29) is 22.6 Å². The van der Waals surface area contributed by atoms with E-state index in [0.717, 1.165) is 38.4 Å². The number of hydrogen-bond acceptors (Lipinski definition) is 3. The van der Waals surface area contributed by atoms with Gasteiger partial charge in [0.1, 0.15) is 0 Å². The first-order chi connectivity index (χ1) is 11.4. The Hall–Kier alpha value is -1.32. The maximum atomic E-state index is 12.2. The van der Waals surface area contributed by atoms with Gasteiger partial charge < -0.3 is 10.4 Å². The first kappa shape index (κ1) is 16.2. The van der Waals surface area contributed by atoms with E-state index in [1.54, 1.807) is 0 Å². The number of nitrogens with one attached hydrogen (secondary N) is 1. The lowest BCUT2D eigenvalue weighted by molar-refractivity contribution is -0.141. The predicted octanol–water partition coefficient (Wildman–Crippen LogP) is 3.52. The van der Waals surface area contributed by atoms with Crippen molar-refractivity contribution in [2.45, 2.75) is 70.8 Å². The van der Waals surface area contributed by atoms with Gasteiger partial charge >= 0.3 is 0 Å². The predicted molar refractivity (Wildman–Crippen MR) is 91.3 cm³/mol. The highest BCUT2D eigenvalue weighted by Crippen LogP contribution is 2.62. The van der Waals surface area contributed by atoms with Gasteiger partial charge in [-0.3, -0.25) is 9.59 Å². The molecule has 3 saturated carbocycles. The number of carbonyl (C=O) groups excluding carboxylic acids is 2. The van der Waals surface area contributed by atoms with E-state index in [2.05, 4.69) is 19.2 Å². The summed E-state index contributed by atoms with van der Waals surface area (Å²) in [6.45, 7) is 4.59. The van der Waals surface area contributed by atoms with Crippen molar-refractivity contribution in [3.63, 3.8) is 0 Å². The molecule has 4 rings (SSSR count). The van der Waals surface area contributed by atoms with Crippen LogP contribution in [-0.4, -0.2) is 22.3 Å². The van der Waals surface area contributed by atoms with E-state index in [1.165, 1.54) is 6.42 Å². The topological polar surface area (TPSA) is 66.4 Å². The fraction of sp³-hybridized carbons (Fsp3) is 0.800. The minimum atomic E-state index is -0.0418. The molecule has 4 heteroatoms. The second kappa shape index (κ2) is 5.34. The maximum absolute atomic E-state index is 12.2. The van der Waals surface area contributed by atoms with Gasteiger partial charge in [0.25, 0.3) is 0 Å². The van der Waals surface area contributed by atoms with Crippen LogP contribution in [-0.2, 0) is 9.59 Å². The lowest BCUT2D eigenvalue weighted by Crippen LogP contribution is -2.63. The molecule has 0 aromatic rings. The minimum absolute atomic E-state index is 0.0418. The van der Waals surface area contributed by atoms with Crippen LogP contribution >= 0.6 is 0 Å². The lowest BCUT2D eigenvalue weighted by atomic mass is 9.45. The molecule has 1 saturated heterocycles. The molecule has 1 amide bonds. The van der Waals surface area contributed by atoms with Gasteiger partial charge in [-0.25, -0.2) is 0 Å². The summed E-state index contributed by atoms with van der Waals surface area (Å²) in [5.41, 5.74) is 0.702. The molecule has 6 atom stereocenters. The molecule has 0 aromatic carbocycles. The maximum Gasteiger partial charge on any atom is 0.220 e. The quantitative estimate of drug-likeness (QED) is 0.527. The van der Waals surface area contributed by atoms with Crippen molar-refractivity contribution in [2.75, 3.05) is 0 Å². The summed E-state index contributed by atoms with van der Waals surface area (Å²) in [6, 6.07) is 0. The minimum Gasteiger partial charge on any atom is -0.515 e. The largest absolute Gasteiger partial charge is 0.515 e. The number of aliphatic hydroxyl groups excluding tert-OH is 1. The molecular weight excluding hydrogens is 302 g/mol. The van der Waals surface area contributed by atoms with Crippen molar-refractivity contribution in [1.29, 1.82) is 0 Å². The number of fused-ring (bicyclic) bond motifs is 5. The lowest BCUT2D eigenvalue weighted by Gasteiger charge is -2.61. The van der Waals surface area contributed by atoms with Gasteiger partial charge in [0.05, 0.1) is 6.26 Å². The third kappa shape index (κ3) is 2.18. The molecule has 24 heavy (non-hydrogen) atoms. The van der Waals surface area contributed by atoms with E-state index in [9.17, 15) is 14.7 Å².